The first kappa shape index (κ1) is 9.22. The van der Waals surface area contributed by atoms with E-state index >= 15 is 0 Å². The molecular weight excluding hydrogens is 186 g/mol. The molecule has 1 heterocycles. The quantitative estimate of drug-likeness (QED) is 0.752. The van der Waals surface area contributed by atoms with Gasteiger partial charge in [0, 0.05) is 18.5 Å². The zero-order valence-electron chi connectivity index (χ0n) is 9.18. The molecule has 80 valence electrons. The van der Waals surface area contributed by atoms with Crippen molar-refractivity contribution in [3.63, 3.8) is 0 Å². The molecule has 0 atom stereocenters. The Kier molecular flexibility index (Phi) is 1.99. The molecule has 1 aliphatic heterocycles. The molecule has 2 nitrogen and oxygen atoms in total. The summed E-state index contributed by atoms with van der Waals surface area (Å²) in [7, 11) is 1.77. The smallest absolute Gasteiger partial charge is 0.122 e. The first-order valence-corrected chi connectivity index (χ1v) is 5.73. The minimum atomic E-state index is 0.433. The van der Waals surface area contributed by atoms with Crippen molar-refractivity contribution in [3.05, 3.63) is 29.3 Å². The third kappa shape index (κ3) is 1.21. The van der Waals surface area contributed by atoms with E-state index < -0.39 is 0 Å². The molecule has 0 bridgehead atoms. The molecule has 2 aliphatic rings. The van der Waals surface area contributed by atoms with Crippen molar-refractivity contribution >= 4 is 0 Å². The van der Waals surface area contributed by atoms with Crippen LogP contribution in [-0.4, -0.2) is 20.2 Å². The van der Waals surface area contributed by atoms with Crippen molar-refractivity contribution in [2.75, 3.05) is 20.2 Å². The average molecular weight is 203 g/mol. The third-order valence-electron chi connectivity index (χ3n) is 3.93. The lowest BCUT2D eigenvalue weighted by molar-refractivity contribution is 0.237. The van der Waals surface area contributed by atoms with E-state index in [1.807, 2.05) is 0 Å². The number of nitrogens with one attached hydrogen (secondary N) is 1. The van der Waals surface area contributed by atoms with Crippen molar-refractivity contribution in [2.24, 2.45) is 0 Å². The van der Waals surface area contributed by atoms with Crippen LogP contribution in [0, 0.1) is 0 Å². The molecule has 0 aromatic heterocycles. The van der Waals surface area contributed by atoms with E-state index in [0.29, 0.717) is 5.41 Å². The van der Waals surface area contributed by atoms with Gasteiger partial charge in [0.1, 0.15) is 5.75 Å². The molecule has 0 saturated carbocycles. The van der Waals surface area contributed by atoms with E-state index in [0.717, 1.165) is 18.8 Å². The summed E-state index contributed by atoms with van der Waals surface area (Å²) >= 11 is 0. The van der Waals surface area contributed by atoms with Gasteiger partial charge < -0.3 is 10.1 Å². The molecule has 2 heteroatoms. The van der Waals surface area contributed by atoms with Crippen LogP contribution in [0.3, 0.4) is 0 Å². The van der Waals surface area contributed by atoms with Gasteiger partial charge in [0.15, 0.2) is 0 Å². The topological polar surface area (TPSA) is 21.3 Å². The van der Waals surface area contributed by atoms with Gasteiger partial charge in [-0.25, -0.2) is 0 Å². The Hall–Kier alpha value is -1.02. The average Bonchev–Trinajstić information content (AvgIpc) is 2.25. The van der Waals surface area contributed by atoms with Crippen LogP contribution in [0.25, 0.3) is 0 Å². The van der Waals surface area contributed by atoms with E-state index in [9.17, 15) is 0 Å². The first-order chi connectivity index (χ1) is 7.36. The second-order valence-electron chi connectivity index (χ2n) is 4.72. The molecule has 0 amide bonds. The van der Waals surface area contributed by atoms with Crippen LogP contribution in [0.1, 0.15) is 24.0 Å². The maximum atomic E-state index is 5.45. The molecular formula is C13H17NO. The zero-order valence-corrected chi connectivity index (χ0v) is 9.18. The molecule has 1 aliphatic carbocycles. The molecule has 1 N–H and O–H groups in total. The highest BCUT2D eigenvalue weighted by atomic mass is 16.5. The molecule has 0 radical (unpaired) electrons. The number of rotatable bonds is 1. The fourth-order valence-corrected chi connectivity index (χ4v) is 3.04. The molecule has 1 fully saturated rings. The van der Waals surface area contributed by atoms with Gasteiger partial charge in [0.2, 0.25) is 0 Å². The van der Waals surface area contributed by atoms with Gasteiger partial charge in [0.05, 0.1) is 7.11 Å². The highest BCUT2D eigenvalue weighted by Gasteiger charge is 2.42. The summed E-state index contributed by atoms with van der Waals surface area (Å²) in [4.78, 5) is 0. The Labute approximate surface area is 90.6 Å². The standard InChI is InChI=1S/C13H17NO/c1-15-12-6-2-5-11-10(12)4-3-7-13(11)8-14-9-13/h2,5-6,14H,3-4,7-9H2,1H3. The Balaban J connectivity index is 2.12. The summed E-state index contributed by atoms with van der Waals surface area (Å²) in [5.74, 6) is 1.08. The fourth-order valence-electron chi connectivity index (χ4n) is 3.04. The lowest BCUT2D eigenvalue weighted by Crippen LogP contribution is -2.58. The molecule has 1 aromatic rings. The van der Waals surface area contributed by atoms with Crippen LogP contribution in [-0.2, 0) is 11.8 Å². The van der Waals surface area contributed by atoms with Crippen LogP contribution in [0.2, 0.25) is 0 Å². The maximum absolute atomic E-state index is 5.45. The third-order valence-corrected chi connectivity index (χ3v) is 3.93. The van der Waals surface area contributed by atoms with Gasteiger partial charge in [-0.05, 0) is 36.5 Å². The Bertz CT molecular complexity index is 382. The second kappa shape index (κ2) is 3.24. The van der Waals surface area contributed by atoms with Crippen molar-refractivity contribution in [1.82, 2.24) is 5.32 Å². The fraction of sp³-hybridized carbons (Fsp3) is 0.538. The largest absolute Gasteiger partial charge is 0.496 e. The van der Waals surface area contributed by atoms with Crippen LogP contribution < -0.4 is 10.1 Å². The minimum Gasteiger partial charge on any atom is -0.496 e. The van der Waals surface area contributed by atoms with E-state index in [1.165, 1.54) is 30.4 Å². The van der Waals surface area contributed by atoms with E-state index in [1.54, 1.807) is 7.11 Å². The van der Waals surface area contributed by atoms with E-state index in [2.05, 4.69) is 23.5 Å². The lowest BCUT2D eigenvalue weighted by Gasteiger charge is -2.47. The SMILES string of the molecule is COc1cccc2c1CCCC21CNC1. The Morgan fingerprint density at radius 1 is 1.33 bits per heavy atom. The predicted octanol–water partition coefficient (Wildman–Crippen LogP) is 1.87. The molecule has 0 unspecified atom stereocenters. The summed E-state index contributed by atoms with van der Waals surface area (Å²) in [5, 5.41) is 3.41. The zero-order chi connectivity index (χ0) is 10.3. The molecule has 1 saturated heterocycles. The van der Waals surface area contributed by atoms with Crippen molar-refractivity contribution < 1.29 is 4.74 Å². The van der Waals surface area contributed by atoms with Crippen LogP contribution in [0.5, 0.6) is 5.75 Å². The summed E-state index contributed by atoms with van der Waals surface area (Å²) in [6.07, 6.45) is 3.82. The number of hydrogen-bond acceptors (Lipinski definition) is 2. The van der Waals surface area contributed by atoms with Gasteiger partial charge in [-0.1, -0.05) is 12.1 Å². The van der Waals surface area contributed by atoms with Crippen LogP contribution >= 0.6 is 0 Å². The molecule has 15 heavy (non-hydrogen) atoms. The summed E-state index contributed by atoms with van der Waals surface area (Å²) in [6.45, 7) is 2.29. The first-order valence-electron chi connectivity index (χ1n) is 5.73. The van der Waals surface area contributed by atoms with E-state index in [4.69, 9.17) is 4.74 Å². The van der Waals surface area contributed by atoms with Crippen LogP contribution in [0.15, 0.2) is 18.2 Å². The van der Waals surface area contributed by atoms with Gasteiger partial charge in [-0.15, -0.1) is 0 Å². The van der Waals surface area contributed by atoms with E-state index in [-0.39, 0.29) is 0 Å². The number of benzene rings is 1. The molecule has 1 aromatic carbocycles. The van der Waals surface area contributed by atoms with Gasteiger partial charge in [-0.2, -0.15) is 0 Å². The van der Waals surface area contributed by atoms with Gasteiger partial charge in [-0.3, -0.25) is 0 Å². The lowest BCUT2D eigenvalue weighted by atomic mass is 9.66. The van der Waals surface area contributed by atoms with Gasteiger partial charge >= 0.3 is 0 Å². The van der Waals surface area contributed by atoms with Gasteiger partial charge in [0.25, 0.3) is 0 Å². The summed E-state index contributed by atoms with van der Waals surface area (Å²) < 4.78 is 5.45. The second-order valence-corrected chi connectivity index (χ2v) is 4.72. The normalized spacial score (nSPS) is 21.9. The number of fused-ring (bicyclic) bond motifs is 2. The summed E-state index contributed by atoms with van der Waals surface area (Å²) in [5.41, 5.74) is 3.42. The highest BCUT2D eigenvalue weighted by molar-refractivity contribution is 5.47. The van der Waals surface area contributed by atoms with Crippen LogP contribution in [0.4, 0.5) is 0 Å². The summed E-state index contributed by atoms with van der Waals surface area (Å²) in [6, 6.07) is 6.50. The molecule has 3 rings (SSSR count). The Morgan fingerprint density at radius 3 is 2.87 bits per heavy atom. The van der Waals surface area contributed by atoms with Crippen molar-refractivity contribution in [1.29, 1.82) is 0 Å². The minimum absolute atomic E-state index is 0.433. The van der Waals surface area contributed by atoms with Crippen molar-refractivity contribution in [3.8, 4) is 5.75 Å². The number of methoxy groups -OCH3 is 1. The Morgan fingerprint density at radius 2 is 2.20 bits per heavy atom. The molecule has 1 spiro atoms. The monoisotopic (exact) mass is 203 g/mol. The maximum Gasteiger partial charge on any atom is 0.122 e. The van der Waals surface area contributed by atoms with Crippen molar-refractivity contribution in [2.45, 2.75) is 24.7 Å². The predicted molar refractivity (Wildman–Crippen MR) is 60.5 cm³/mol. The highest BCUT2D eigenvalue weighted by Crippen LogP contribution is 2.43. The number of hydrogen-bond donors (Lipinski definition) is 1. The number of ether oxygens (including phenoxy) is 1.